The second-order valence-electron chi connectivity index (χ2n) is 5.09. The van der Waals surface area contributed by atoms with E-state index in [1.165, 1.54) is 11.3 Å². The van der Waals surface area contributed by atoms with Crippen LogP contribution in [-0.4, -0.2) is 41.1 Å². The summed E-state index contributed by atoms with van der Waals surface area (Å²) >= 11 is 0. The molecule has 20 heavy (non-hydrogen) atoms. The third-order valence-corrected chi connectivity index (χ3v) is 3.90. The number of aryl methyl sites for hydroxylation is 1. The highest BCUT2D eigenvalue weighted by Gasteiger charge is 2.20. The average Bonchev–Trinajstić information content (AvgIpc) is 2.51. The molecular formula is C15H19N5. The van der Waals surface area contributed by atoms with E-state index in [-0.39, 0.29) is 0 Å². The number of pyridine rings is 1. The van der Waals surface area contributed by atoms with E-state index < -0.39 is 0 Å². The largest absolute Gasteiger partial charge is 0.367 e. The number of aromatic nitrogens is 3. The minimum Gasteiger partial charge on any atom is -0.367 e. The van der Waals surface area contributed by atoms with E-state index in [1.54, 1.807) is 6.33 Å². The molecular weight excluding hydrogens is 250 g/mol. The maximum absolute atomic E-state index is 4.44. The van der Waals surface area contributed by atoms with Gasteiger partial charge in [0.05, 0.1) is 11.9 Å². The van der Waals surface area contributed by atoms with E-state index in [2.05, 4.69) is 37.7 Å². The van der Waals surface area contributed by atoms with E-state index in [0.29, 0.717) is 0 Å². The van der Waals surface area contributed by atoms with Crippen molar-refractivity contribution in [2.45, 2.75) is 13.8 Å². The second-order valence-corrected chi connectivity index (χ2v) is 5.09. The van der Waals surface area contributed by atoms with Crippen molar-refractivity contribution in [1.29, 1.82) is 0 Å². The van der Waals surface area contributed by atoms with Crippen LogP contribution >= 0.6 is 0 Å². The maximum atomic E-state index is 4.44. The van der Waals surface area contributed by atoms with Gasteiger partial charge < -0.3 is 9.80 Å². The number of nitrogens with zero attached hydrogens (tertiary/aromatic N) is 5. The number of rotatable bonds is 2. The number of piperazine rings is 1. The quantitative estimate of drug-likeness (QED) is 0.832. The van der Waals surface area contributed by atoms with Gasteiger partial charge in [0.2, 0.25) is 0 Å². The van der Waals surface area contributed by atoms with Crippen LogP contribution in [0, 0.1) is 13.8 Å². The molecule has 2 aromatic rings. The summed E-state index contributed by atoms with van der Waals surface area (Å²) in [4.78, 5) is 17.6. The zero-order valence-corrected chi connectivity index (χ0v) is 12.0. The van der Waals surface area contributed by atoms with Crippen LogP contribution in [0.15, 0.2) is 30.9 Å². The summed E-state index contributed by atoms with van der Waals surface area (Å²) in [5.74, 6) is 1.07. The molecule has 0 bridgehead atoms. The summed E-state index contributed by atoms with van der Waals surface area (Å²) in [6, 6.07) is 4.10. The molecule has 0 radical (unpaired) electrons. The average molecular weight is 269 g/mol. The fraction of sp³-hybridized carbons (Fsp3) is 0.400. The fourth-order valence-corrected chi connectivity index (χ4v) is 2.56. The van der Waals surface area contributed by atoms with Crippen molar-refractivity contribution in [3.8, 4) is 0 Å². The maximum Gasteiger partial charge on any atom is 0.135 e. The highest BCUT2D eigenvalue weighted by atomic mass is 15.3. The molecule has 1 fully saturated rings. The highest BCUT2D eigenvalue weighted by Crippen LogP contribution is 2.21. The second kappa shape index (κ2) is 5.45. The molecule has 3 heterocycles. The summed E-state index contributed by atoms with van der Waals surface area (Å²) in [6.45, 7) is 8.07. The first-order chi connectivity index (χ1) is 9.75. The Morgan fingerprint density at radius 3 is 2.45 bits per heavy atom. The normalized spacial score (nSPS) is 15.5. The number of hydrogen-bond donors (Lipinski definition) is 0. The predicted octanol–water partition coefficient (Wildman–Crippen LogP) is 1.82. The Hall–Kier alpha value is -2.17. The van der Waals surface area contributed by atoms with Crippen molar-refractivity contribution < 1.29 is 0 Å². The van der Waals surface area contributed by atoms with E-state index >= 15 is 0 Å². The molecule has 104 valence electrons. The van der Waals surface area contributed by atoms with Crippen LogP contribution in [0.25, 0.3) is 0 Å². The zero-order valence-electron chi connectivity index (χ0n) is 12.0. The Balaban J connectivity index is 1.71. The van der Waals surface area contributed by atoms with Gasteiger partial charge in [-0.3, -0.25) is 4.98 Å². The first-order valence-corrected chi connectivity index (χ1v) is 6.94. The van der Waals surface area contributed by atoms with Gasteiger partial charge in [0.1, 0.15) is 12.1 Å². The van der Waals surface area contributed by atoms with Gasteiger partial charge in [-0.15, -0.1) is 0 Å². The Labute approximate surface area is 119 Å². The third-order valence-electron chi connectivity index (χ3n) is 3.90. The number of hydrogen-bond acceptors (Lipinski definition) is 5. The minimum atomic E-state index is 0.978. The smallest absolute Gasteiger partial charge is 0.135 e. The molecule has 5 heteroatoms. The van der Waals surface area contributed by atoms with Crippen LogP contribution in [-0.2, 0) is 0 Å². The van der Waals surface area contributed by atoms with Gasteiger partial charge >= 0.3 is 0 Å². The zero-order chi connectivity index (χ0) is 13.9. The lowest BCUT2D eigenvalue weighted by molar-refractivity contribution is 0.644. The first-order valence-electron chi connectivity index (χ1n) is 6.94. The molecule has 0 unspecified atom stereocenters. The van der Waals surface area contributed by atoms with Gasteiger partial charge in [-0.1, -0.05) is 0 Å². The summed E-state index contributed by atoms with van der Waals surface area (Å²) in [5.41, 5.74) is 3.44. The van der Waals surface area contributed by atoms with Crippen LogP contribution in [0.2, 0.25) is 0 Å². The highest BCUT2D eigenvalue weighted by molar-refractivity contribution is 5.51. The molecule has 5 nitrogen and oxygen atoms in total. The summed E-state index contributed by atoms with van der Waals surface area (Å²) < 4.78 is 0. The molecule has 0 spiro atoms. The van der Waals surface area contributed by atoms with Crippen molar-refractivity contribution in [3.63, 3.8) is 0 Å². The fourth-order valence-electron chi connectivity index (χ4n) is 2.56. The topological polar surface area (TPSA) is 45.2 Å². The minimum absolute atomic E-state index is 0.978. The van der Waals surface area contributed by atoms with E-state index in [1.807, 2.05) is 25.4 Å². The first kappa shape index (κ1) is 12.8. The monoisotopic (exact) mass is 269 g/mol. The molecule has 0 saturated carbocycles. The van der Waals surface area contributed by atoms with Crippen molar-refractivity contribution in [3.05, 3.63) is 42.1 Å². The van der Waals surface area contributed by atoms with Gasteiger partial charge in [0.15, 0.2) is 0 Å². The molecule has 0 aliphatic carbocycles. The third kappa shape index (κ3) is 2.43. The molecule has 0 amide bonds. The van der Waals surface area contributed by atoms with Crippen LogP contribution < -0.4 is 9.80 Å². The lowest BCUT2D eigenvalue weighted by Gasteiger charge is -2.37. The van der Waals surface area contributed by atoms with Crippen molar-refractivity contribution in [2.75, 3.05) is 36.0 Å². The molecule has 1 aliphatic heterocycles. The van der Waals surface area contributed by atoms with Crippen molar-refractivity contribution >= 4 is 11.5 Å². The molecule has 0 atom stereocenters. The summed E-state index contributed by atoms with van der Waals surface area (Å²) in [6.07, 6.45) is 5.40. The van der Waals surface area contributed by atoms with E-state index in [0.717, 1.165) is 37.7 Å². The number of anilines is 2. The Morgan fingerprint density at radius 2 is 1.75 bits per heavy atom. The van der Waals surface area contributed by atoms with Gasteiger partial charge in [0, 0.05) is 43.6 Å². The Kier molecular flexibility index (Phi) is 3.50. The summed E-state index contributed by atoms with van der Waals surface area (Å²) in [5, 5.41) is 0. The lowest BCUT2D eigenvalue weighted by atomic mass is 10.2. The SMILES string of the molecule is Cc1ncnc(N2CCN(c3cccnc3)CC2)c1C. The molecule has 0 aromatic carbocycles. The standard InChI is InChI=1S/C15H19N5/c1-12-13(2)17-11-18-15(12)20-8-6-19(7-9-20)14-4-3-5-16-10-14/h3-5,10-11H,6-9H2,1-2H3. The molecule has 0 N–H and O–H groups in total. The van der Waals surface area contributed by atoms with Crippen LogP contribution in [0.1, 0.15) is 11.3 Å². The molecule has 1 saturated heterocycles. The van der Waals surface area contributed by atoms with Crippen molar-refractivity contribution in [2.24, 2.45) is 0 Å². The molecule has 3 rings (SSSR count). The molecule has 1 aliphatic rings. The summed E-state index contributed by atoms with van der Waals surface area (Å²) in [7, 11) is 0. The van der Waals surface area contributed by atoms with Gasteiger partial charge in [0.25, 0.3) is 0 Å². The van der Waals surface area contributed by atoms with Gasteiger partial charge in [-0.25, -0.2) is 9.97 Å². The molecule has 2 aromatic heterocycles. The Morgan fingerprint density at radius 1 is 1.00 bits per heavy atom. The predicted molar refractivity (Wildman–Crippen MR) is 80.2 cm³/mol. The van der Waals surface area contributed by atoms with E-state index in [4.69, 9.17) is 0 Å². The Bertz CT molecular complexity index is 576. The van der Waals surface area contributed by atoms with Crippen LogP contribution in [0.4, 0.5) is 11.5 Å². The lowest BCUT2D eigenvalue weighted by Crippen LogP contribution is -2.47. The van der Waals surface area contributed by atoms with E-state index in [9.17, 15) is 0 Å². The van der Waals surface area contributed by atoms with Crippen LogP contribution in [0.3, 0.4) is 0 Å². The van der Waals surface area contributed by atoms with Gasteiger partial charge in [-0.05, 0) is 26.0 Å². The van der Waals surface area contributed by atoms with Gasteiger partial charge in [-0.2, -0.15) is 0 Å². The van der Waals surface area contributed by atoms with Crippen molar-refractivity contribution in [1.82, 2.24) is 15.0 Å². The van der Waals surface area contributed by atoms with Crippen LogP contribution in [0.5, 0.6) is 0 Å².